The van der Waals surface area contributed by atoms with Crippen molar-refractivity contribution in [3.63, 3.8) is 0 Å². The van der Waals surface area contributed by atoms with Gasteiger partial charge in [-0.05, 0) is 17.7 Å². The summed E-state index contributed by atoms with van der Waals surface area (Å²) in [6.45, 7) is 0.571. The lowest BCUT2D eigenvalue weighted by molar-refractivity contribution is 0.0498. The molecule has 2 N–H and O–H groups in total. The highest BCUT2D eigenvalue weighted by Gasteiger charge is 2.16. The first kappa shape index (κ1) is 10.2. The Bertz CT molecular complexity index is 342. The summed E-state index contributed by atoms with van der Waals surface area (Å²) in [5.41, 5.74) is 3.36. The van der Waals surface area contributed by atoms with Crippen molar-refractivity contribution in [3.05, 3.63) is 23.8 Å². The highest BCUT2D eigenvalue weighted by atomic mass is 16.7. The summed E-state index contributed by atoms with van der Waals surface area (Å²) in [6.07, 6.45) is -0.626. The van der Waals surface area contributed by atoms with Crippen molar-refractivity contribution in [1.82, 2.24) is 5.48 Å². The summed E-state index contributed by atoms with van der Waals surface area (Å²) in [5.74, 6) is 1.38. The van der Waals surface area contributed by atoms with Gasteiger partial charge >= 0.3 is 0 Å². The van der Waals surface area contributed by atoms with E-state index >= 15 is 0 Å². The van der Waals surface area contributed by atoms with E-state index in [1.165, 1.54) is 7.11 Å². The van der Waals surface area contributed by atoms with Gasteiger partial charge in [0.2, 0.25) is 6.79 Å². The number of hydrogen-bond acceptors (Lipinski definition) is 5. The Morgan fingerprint density at radius 3 is 3.07 bits per heavy atom. The zero-order valence-electron chi connectivity index (χ0n) is 8.40. The molecule has 1 atom stereocenters. The second kappa shape index (κ2) is 4.48. The van der Waals surface area contributed by atoms with Crippen molar-refractivity contribution in [3.8, 4) is 11.5 Å². The quantitative estimate of drug-likeness (QED) is 0.714. The van der Waals surface area contributed by atoms with E-state index in [0.29, 0.717) is 18.0 Å². The molecule has 0 fully saturated rings. The molecule has 5 heteroatoms. The van der Waals surface area contributed by atoms with E-state index in [0.717, 1.165) is 5.56 Å². The Balaban J connectivity index is 2.08. The van der Waals surface area contributed by atoms with Crippen LogP contribution in [-0.2, 0) is 4.84 Å². The van der Waals surface area contributed by atoms with Crippen LogP contribution in [0.15, 0.2) is 18.2 Å². The van der Waals surface area contributed by atoms with Crippen LogP contribution >= 0.6 is 0 Å². The van der Waals surface area contributed by atoms with Gasteiger partial charge in [0.1, 0.15) is 0 Å². The Kier molecular flexibility index (Phi) is 3.05. The fraction of sp³-hybridized carbons (Fsp3) is 0.400. The predicted octanol–water partition coefficient (Wildman–Crippen LogP) is 0.600. The van der Waals surface area contributed by atoms with E-state index in [9.17, 15) is 5.11 Å². The van der Waals surface area contributed by atoms with Crippen LogP contribution in [0.2, 0.25) is 0 Å². The Hall–Kier alpha value is -1.30. The first-order chi connectivity index (χ1) is 7.31. The van der Waals surface area contributed by atoms with Crippen LogP contribution in [-0.4, -0.2) is 25.6 Å². The molecule has 0 aliphatic carbocycles. The fourth-order valence-electron chi connectivity index (χ4n) is 1.40. The van der Waals surface area contributed by atoms with Crippen molar-refractivity contribution in [1.29, 1.82) is 0 Å². The van der Waals surface area contributed by atoms with Gasteiger partial charge in [-0.15, -0.1) is 0 Å². The molecule has 0 spiro atoms. The van der Waals surface area contributed by atoms with Gasteiger partial charge in [-0.3, -0.25) is 0 Å². The highest BCUT2D eigenvalue weighted by Crippen LogP contribution is 2.33. The third-order valence-electron chi connectivity index (χ3n) is 2.20. The van der Waals surface area contributed by atoms with E-state index in [-0.39, 0.29) is 6.79 Å². The molecule has 1 aromatic rings. The lowest BCUT2D eigenvalue weighted by Crippen LogP contribution is -2.20. The average molecular weight is 211 g/mol. The molecule has 2 rings (SSSR count). The lowest BCUT2D eigenvalue weighted by atomic mass is 10.1. The van der Waals surface area contributed by atoms with Crippen molar-refractivity contribution in [2.75, 3.05) is 20.4 Å². The molecule has 15 heavy (non-hydrogen) atoms. The molecule has 1 unspecified atom stereocenters. The summed E-state index contributed by atoms with van der Waals surface area (Å²) in [6, 6.07) is 5.35. The Labute approximate surface area is 87.5 Å². The van der Waals surface area contributed by atoms with Gasteiger partial charge in [-0.1, -0.05) is 6.07 Å². The minimum Gasteiger partial charge on any atom is -0.454 e. The van der Waals surface area contributed by atoms with Gasteiger partial charge in [0, 0.05) is 0 Å². The molecule has 0 saturated heterocycles. The van der Waals surface area contributed by atoms with Gasteiger partial charge in [0.25, 0.3) is 0 Å². The number of hydrogen-bond donors (Lipinski definition) is 2. The zero-order chi connectivity index (χ0) is 10.7. The molecule has 1 aromatic carbocycles. The van der Waals surface area contributed by atoms with E-state index in [2.05, 4.69) is 10.3 Å². The van der Waals surface area contributed by atoms with Crippen LogP contribution < -0.4 is 15.0 Å². The molecule has 0 saturated carbocycles. The van der Waals surface area contributed by atoms with Crippen molar-refractivity contribution < 1.29 is 19.4 Å². The van der Waals surface area contributed by atoms with E-state index in [1.54, 1.807) is 18.2 Å². The molecular formula is C10H13NO4. The molecule has 5 nitrogen and oxygen atoms in total. The van der Waals surface area contributed by atoms with Gasteiger partial charge in [0.05, 0.1) is 19.8 Å². The summed E-state index contributed by atoms with van der Waals surface area (Å²) in [5, 5.41) is 9.74. The van der Waals surface area contributed by atoms with Crippen LogP contribution in [0.25, 0.3) is 0 Å². The standard InChI is InChI=1S/C10H13NO4/c1-13-11-5-8(12)7-2-3-9-10(4-7)15-6-14-9/h2-4,8,11-12H,5-6H2,1H3. The molecule has 1 heterocycles. The van der Waals surface area contributed by atoms with Crippen LogP contribution in [0, 0.1) is 0 Å². The Morgan fingerprint density at radius 2 is 2.27 bits per heavy atom. The van der Waals surface area contributed by atoms with Crippen LogP contribution in [0.4, 0.5) is 0 Å². The number of fused-ring (bicyclic) bond motifs is 1. The topological polar surface area (TPSA) is 60.0 Å². The third kappa shape index (κ3) is 2.20. The van der Waals surface area contributed by atoms with Gasteiger partial charge < -0.3 is 19.4 Å². The number of aliphatic hydroxyl groups is 1. The number of rotatable bonds is 4. The maximum atomic E-state index is 9.74. The normalized spacial score (nSPS) is 15.3. The first-order valence-electron chi connectivity index (χ1n) is 4.64. The second-order valence-corrected chi connectivity index (χ2v) is 3.18. The molecular weight excluding hydrogens is 198 g/mol. The molecule has 1 aliphatic rings. The molecule has 0 aromatic heterocycles. The maximum Gasteiger partial charge on any atom is 0.231 e. The van der Waals surface area contributed by atoms with Crippen LogP contribution in [0.5, 0.6) is 11.5 Å². The minimum absolute atomic E-state index is 0.241. The van der Waals surface area contributed by atoms with E-state index in [4.69, 9.17) is 9.47 Å². The number of aliphatic hydroxyl groups excluding tert-OH is 1. The smallest absolute Gasteiger partial charge is 0.231 e. The number of nitrogens with one attached hydrogen (secondary N) is 1. The van der Waals surface area contributed by atoms with Gasteiger partial charge in [-0.2, -0.15) is 5.48 Å². The lowest BCUT2D eigenvalue weighted by Gasteiger charge is -2.11. The highest BCUT2D eigenvalue weighted by molar-refractivity contribution is 5.45. The molecule has 0 amide bonds. The van der Waals surface area contributed by atoms with Crippen molar-refractivity contribution in [2.45, 2.75) is 6.10 Å². The van der Waals surface area contributed by atoms with Gasteiger partial charge in [-0.25, -0.2) is 0 Å². The minimum atomic E-state index is -0.626. The summed E-state index contributed by atoms with van der Waals surface area (Å²) >= 11 is 0. The SMILES string of the molecule is CONCC(O)c1ccc2c(c1)OCO2. The summed E-state index contributed by atoms with van der Waals surface area (Å²) in [7, 11) is 1.51. The molecule has 0 bridgehead atoms. The van der Waals surface area contributed by atoms with Crippen LogP contribution in [0.1, 0.15) is 11.7 Å². The second-order valence-electron chi connectivity index (χ2n) is 3.18. The van der Waals surface area contributed by atoms with Crippen molar-refractivity contribution in [2.24, 2.45) is 0 Å². The zero-order valence-corrected chi connectivity index (χ0v) is 8.40. The summed E-state index contributed by atoms with van der Waals surface area (Å²) < 4.78 is 10.4. The van der Waals surface area contributed by atoms with E-state index < -0.39 is 6.10 Å². The first-order valence-corrected chi connectivity index (χ1v) is 4.64. The molecule has 1 aliphatic heterocycles. The maximum absolute atomic E-state index is 9.74. The van der Waals surface area contributed by atoms with Crippen molar-refractivity contribution >= 4 is 0 Å². The molecule has 82 valence electrons. The summed E-state index contributed by atoms with van der Waals surface area (Å²) in [4.78, 5) is 4.66. The van der Waals surface area contributed by atoms with Gasteiger partial charge in [0.15, 0.2) is 11.5 Å². The largest absolute Gasteiger partial charge is 0.454 e. The number of benzene rings is 1. The van der Waals surface area contributed by atoms with E-state index in [1.807, 2.05) is 0 Å². The average Bonchev–Trinajstić information content (AvgIpc) is 2.72. The number of hydroxylamine groups is 1. The third-order valence-corrected chi connectivity index (χ3v) is 2.20. The van der Waals surface area contributed by atoms with Crippen LogP contribution in [0.3, 0.4) is 0 Å². The Morgan fingerprint density at radius 1 is 1.47 bits per heavy atom. The monoisotopic (exact) mass is 211 g/mol. The predicted molar refractivity (Wildman–Crippen MR) is 52.5 cm³/mol. The fourth-order valence-corrected chi connectivity index (χ4v) is 1.40. The molecule has 0 radical (unpaired) electrons. The number of ether oxygens (including phenoxy) is 2.